The highest BCUT2D eigenvalue weighted by atomic mass is 79.9. The second kappa shape index (κ2) is 4.94. The van der Waals surface area contributed by atoms with Crippen LogP contribution in [0.25, 0.3) is 0 Å². The Morgan fingerprint density at radius 1 is 1.18 bits per heavy atom. The van der Waals surface area contributed by atoms with Crippen molar-refractivity contribution < 1.29 is 4.39 Å². The largest absolute Gasteiger partial charge is 0.399 e. The van der Waals surface area contributed by atoms with Crippen LogP contribution in [0.1, 0.15) is 0 Å². The van der Waals surface area contributed by atoms with Crippen LogP contribution in [0.15, 0.2) is 40.9 Å². The molecule has 0 aliphatic rings. The molecule has 2 aromatic rings. The van der Waals surface area contributed by atoms with Gasteiger partial charge in [0.15, 0.2) is 0 Å². The van der Waals surface area contributed by atoms with Crippen molar-refractivity contribution in [1.82, 2.24) is 0 Å². The van der Waals surface area contributed by atoms with Gasteiger partial charge < -0.3 is 11.1 Å². The van der Waals surface area contributed by atoms with Crippen molar-refractivity contribution in [2.24, 2.45) is 0 Å². The number of nitrogen functional groups attached to an aromatic ring is 1. The van der Waals surface area contributed by atoms with Crippen molar-refractivity contribution >= 4 is 44.6 Å². The molecule has 0 aliphatic carbocycles. The smallest absolute Gasteiger partial charge is 0.148 e. The first-order valence-corrected chi connectivity index (χ1v) is 6.01. The molecule has 0 aromatic heterocycles. The zero-order chi connectivity index (χ0) is 12.4. The summed E-state index contributed by atoms with van der Waals surface area (Å²) in [4.78, 5) is 0. The average Bonchev–Trinajstić information content (AvgIpc) is 2.28. The van der Waals surface area contributed by atoms with Crippen LogP contribution in [0.5, 0.6) is 0 Å². The van der Waals surface area contributed by atoms with Crippen LogP contribution in [0.4, 0.5) is 21.5 Å². The van der Waals surface area contributed by atoms with Gasteiger partial charge in [0.25, 0.3) is 0 Å². The monoisotopic (exact) mass is 314 g/mol. The Kier molecular flexibility index (Phi) is 3.54. The molecular formula is C12H9BrClFN2. The maximum atomic E-state index is 13.6. The van der Waals surface area contributed by atoms with Gasteiger partial charge in [0.2, 0.25) is 0 Å². The number of hydrogen-bond donors (Lipinski definition) is 2. The number of nitrogens with two attached hydrogens (primary N) is 1. The summed E-state index contributed by atoms with van der Waals surface area (Å²) in [7, 11) is 0. The third-order valence-electron chi connectivity index (χ3n) is 2.21. The first kappa shape index (κ1) is 12.2. The van der Waals surface area contributed by atoms with Gasteiger partial charge in [0.05, 0.1) is 20.9 Å². The van der Waals surface area contributed by atoms with E-state index in [1.807, 2.05) is 0 Å². The minimum absolute atomic E-state index is 0.349. The molecule has 0 radical (unpaired) electrons. The SMILES string of the molecule is Nc1ccc(Nc2cccc(Cl)c2Br)c(F)c1. The molecule has 0 unspecified atom stereocenters. The van der Waals surface area contributed by atoms with Crippen molar-refractivity contribution in [3.05, 3.63) is 51.7 Å². The van der Waals surface area contributed by atoms with Gasteiger partial charge in [-0.2, -0.15) is 0 Å². The minimum atomic E-state index is -0.406. The molecule has 17 heavy (non-hydrogen) atoms. The summed E-state index contributed by atoms with van der Waals surface area (Å²) in [5.41, 5.74) is 6.91. The summed E-state index contributed by atoms with van der Waals surface area (Å²) in [6, 6.07) is 9.80. The Balaban J connectivity index is 2.35. The molecule has 2 nitrogen and oxygen atoms in total. The molecule has 88 valence electrons. The Morgan fingerprint density at radius 2 is 1.94 bits per heavy atom. The highest BCUT2D eigenvalue weighted by Gasteiger charge is 2.07. The zero-order valence-electron chi connectivity index (χ0n) is 8.68. The second-order valence-corrected chi connectivity index (χ2v) is 4.67. The third kappa shape index (κ3) is 2.70. The summed E-state index contributed by atoms with van der Waals surface area (Å²) >= 11 is 9.28. The predicted octanol–water partition coefficient (Wildman–Crippen LogP) is 4.57. The molecular weight excluding hydrogens is 307 g/mol. The lowest BCUT2D eigenvalue weighted by molar-refractivity contribution is 0.632. The normalized spacial score (nSPS) is 10.3. The van der Waals surface area contributed by atoms with E-state index in [2.05, 4.69) is 21.2 Å². The standard InChI is InChI=1S/C12H9BrClFN2/c13-12-8(14)2-1-3-11(12)17-10-5-4-7(16)6-9(10)15/h1-6,17H,16H2. The van der Waals surface area contributed by atoms with Gasteiger partial charge >= 0.3 is 0 Å². The van der Waals surface area contributed by atoms with E-state index in [0.717, 1.165) is 0 Å². The summed E-state index contributed by atoms with van der Waals surface area (Å²) < 4.78 is 14.3. The van der Waals surface area contributed by atoms with Gasteiger partial charge in [-0.25, -0.2) is 4.39 Å². The number of halogens is 3. The summed E-state index contributed by atoms with van der Waals surface area (Å²) in [6.45, 7) is 0. The fourth-order valence-electron chi connectivity index (χ4n) is 1.38. The van der Waals surface area contributed by atoms with E-state index >= 15 is 0 Å². The van der Waals surface area contributed by atoms with Crippen LogP contribution < -0.4 is 11.1 Å². The third-order valence-corrected chi connectivity index (χ3v) is 3.61. The zero-order valence-corrected chi connectivity index (χ0v) is 11.0. The van der Waals surface area contributed by atoms with Gasteiger partial charge in [-0.05, 0) is 46.3 Å². The van der Waals surface area contributed by atoms with Crippen LogP contribution in [0.3, 0.4) is 0 Å². The van der Waals surface area contributed by atoms with Crippen LogP contribution in [-0.2, 0) is 0 Å². The van der Waals surface area contributed by atoms with Gasteiger partial charge in [-0.3, -0.25) is 0 Å². The van der Waals surface area contributed by atoms with Gasteiger partial charge in [0, 0.05) is 5.69 Å². The first-order chi connectivity index (χ1) is 8.08. The average molecular weight is 316 g/mol. The fraction of sp³-hybridized carbons (Fsp3) is 0. The van der Waals surface area contributed by atoms with E-state index in [1.165, 1.54) is 6.07 Å². The summed E-state index contributed by atoms with van der Waals surface area (Å²) in [5.74, 6) is -0.406. The van der Waals surface area contributed by atoms with Crippen molar-refractivity contribution in [3.8, 4) is 0 Å². The predicted molar refractivity (Wildman–Crippen MR) is 73.2 cm³/mol. The van der Waals surface area contributed by atoms with E-state index in [9.17, 15) is 4.39 Å². The maximum Gasteiger partial charge on any atom is 0.148 e. The topological polar surface area (TPSA) is 38.0 Å². The van der Waals surface area contributed by atoms with Crippen LogP contribution in [0.2, 0.25) is 5.02 Å². The maximum absolute atomic E-state index is 13.6. The van der Waals surface area contributed by atoms with Crippen LogP contribution >= 0.6 is 27.5 Å². The molecule has 0 spiro atoms. The van der Waals surface area contributed by atoms with Crippen LogP contribution in [-0.4, -0.2) is 0 Å². The number of anilines is 3. The second-order valence-electron chi connectivity index (χ2n) is 3.47. The van der Waals surface area contributed by atoms with E-state index in [1.54, 1.807) is 30.3 Å². The van der Waals surface area contributed by atoms with Crippen LogP contribution in [0, 0.1) is 5.82 Å². The molecule has 2 aromatic carbocycles. The molecule has 0 fully saturated rings. The van der Waals surface area contributed by atoms with Gasteiger partial charge in [0.1, 0.15) is 5.82 Å². The first-order valence-electron chi connectivity index (χ1n) is 4.84. The van der Waals surface area contributed by atoms with E-state index in [-0.39, 0.29) is 0 Å². The van der Waals surface area contributed by atoms with E-state index in [0.29, 0.717) is 26.6 Å². The molecule has 0 atom stereocenters. The number of hydrogen-bond acceptors (Lipinski definition) is 2. The molecule has 0 saturated carbocycles. The van der Waals surface area contributed by atoms with E-state index < -0.39 is 5.82 Å². The Bertz CT molecular complexity index is 560. The molecule has 0 bridgehead atoms. The lowest BCUT2D eigenvalue weighted by Gasteiger charge is -2.10. The quantitative estimate of drug-likeness (QED) is 0.797. The number of nitrogens with one attached hydrogen (secondary N) is 1. The lowest BCUT2D eigenvalue weighted by Crippen LogP contribution is -1.96. The highest BCUT2D eigenvalue weighted by Crippen LogP contribution is 2.32. The summed E-state index contributed by atoms with van der Waals surface area (Å²) in [6.07, 6.45) is 0. The van der Waals surface area contributed by atoms with Crippen molar-refractivity contribution in [2.75, 3.05) is 11.1 Å². The van der Waals surface area contributed by atoms with Crippen molar-refractivity contribution in [3.63, 3.8) is 0 Å². The Hall–Kier alpha value is -1.26. The number of benzene rings is 2. The molecule has 0 amide bonds. The molecule has 3 N–H and O–H groups in total. The fourth-order valence-corrected chi connectivity index (χ4v) is 1.92. The molecule has 0 heterocycles. The van der Waals surface area contributed by atoms with Gasteiger partial charge in [-0.1, -0.05) is 17.7 Å². The molecule has 0 aliphatic heterocycles. The van der Waals surface area contributed by atoms with Gasteiger partial charge in [-0.15, -0.1) is 0 Å². The van der Waals surface area contributed by atoms with Crippen molar-refractivity contribution in [1.29, 1.82) is 0 Å². The lowest BCUT2D eigenvalue weighted by atomic mass is 10.2. The van der Waals surface area contributed by atoms with E-state index in [4.69, 9.17) is 17.3 Å². The molecule has 5 heteroatoms. The molecule has 0 saturated heterocycles. The number of rotatable bonds is 2. The Morgan fingerprint density at radius 3 is 2.65 bits per heavy atom. The van der Waals surface area contributed by atoms with Crippen molar-refractivity contribution in [2.45, 2.75) is 0 Å². The Labute approximate surface area is 112 Å². The summed E-state index contributed by atoms with van der Waals surface area (Å²) in [5, 5.41) is 3.51. The molecule has 2 rings (SSSR count). The minimum Gasteiger partial charge on any atom is -0.399 e. The highest BCUT2D eigenvalue weighted by molar-refractivity contribution is 9.10.